The number of hydrogen-bond donors (Lipinski definition) is 1. The molecule has 0 amide bonds. The van der Waals surface area contributed by atoms with Crippen molar-refractivity contribution in [3.63, 3.8) is 0 Å². The van der Waals surface area contributed by atoms with Gasteiger partial charge in [-0.15, -0.1) is 12.4 Å². The molecular weight excluding hydrogens is 394 g/mol. The van der Waals surface area contributed by atoms with Crippen LogP contribution in [-0.2, 0) is 0 Å². The lowest BCUT2D eigenvalue weighted by Crippen LogP contribution is -2.54. The summed E-state index contributed by atoms with van der Waals surface area (Å²) < 4.78 is 33.9. The first-order valence-corrected chi connectivity index (χ1v) is 9.21. The molecule has 27 heavy (non-hydrogen) atoms. The van der Waals surface area contributed by atoms with Crippen LogP contribution in [-0.4, -0.2) is 42.3 Å². The number of rotatable bonds is 4. The van der Waals surface area contributed by atoms with Crippen LogP contribution in [0.25, 0.3) is 10.2 Å². The highest BCUT2D eigenvalue weighted by atomic mass is 35.5. The van der Waals surface area contributed by atoms with Gasteiger partial charge in [-0.2, -0.15) is 0 Å². The van der Waals surface area contributed by atoms with Gasteiger partial charge < -0.3 is 15.0 Å². The summed E-state index contributed by atoms with van der Waals surface area (Å²) in [5.41, 5.74) is 1.05. The zero-order chi connectivity index (χ0) is 18.1. The highest BCUT2D eigenvalue weighted by Gasteiger charge is 2.26. The average Bonchev–Trinajstić information content (AvgIpc) is 3.05. The molecular formula is C18H19ClF2N4OS. The number of anilines is 1. The number of ether oxygens (including phenoxy) is 1. The number of hydrogen-bond acceptors (Lipinski definition) is 6. The number of fused-ring (bicyclic) bond motifs is 1. The lowest BCUT2D eigenvalue weighted by Gasteiger charge is -2.35. The van der Waals surface area contributed by atoms with Crippen molar-refractivity contribution in [2.45, 2.75) is 13.0 Å². The first-order valence-electron chi connectivity index (χ1n) is 8.39. The molecule has 2 aromatic heterocycles. The molecule has 9 heteroatoms. The molecule has 1 unspecified atom stereocenters. The van der Waals surface area contributed by atoms with Crippen molar-refractivity contribution in [2.24, 2.45) is 0 Å². The largest absolute Gasteiger partial charge is 0.489 e. The Morgan fingerprint density at radius 2 is 2.22 bits per heavy atom. The third kappa shape index (κ3) is 4.12. The fourth-order valence-electron chi connectivity index (χ4n) is 3.04. The Kier molecular flexibility index (Phi) is 6.08. The van der Waals surface area contributed by atoms with Gasteiger partial charge in [-0.25, -0.2) is 13.8 Å². The molecule has 4 rings (SSSR count). The first-order chi connectivity index (χ1) is 12.6. The quantitative estimate of drug-likeness (QED) is 0.710. The van der Waals surface area contributed by atoms with E-state index in [4.69, 9.17) is 4.74 Å². The van der Waals surface area contributed by atoms with E-state index in [2.05, 4.69) is 20.2 Å². The van der Waals surface area contributed by atoms with Crippen LogP contribution in [0.15, 0.2) is 30.5 Å². The highest BCUT2D eigenvalue weighted by molar-refractivity contribution is 7.22. The number of aromatic nitrogens is 2. The summed E-state index contributed by atoms with van der Waals surface area (Å²) in [5, 5.41) is 4.03. The van der Waals surface area contributed by atoms with Crippen molar-refractivity contribution in [1.82, 2.24) is 15.3 Å². The molecule has 1 aliphatic heterocycles. The van der Waals surface area contributed by atoms with Gasteiger partial charge in [0.15, 0.2) is 10.9 Å². The molecule has 3 aromatic rings. The number of aryl methyl sites for hydroxylation is 1. The summed E-state index contributed by atoms with van der Waals surface area (Å²) in [7, 11) is 0. The van der Waals surface area contributed by atoms with Crippen molar-refractivity contribution < 1.29 is 13.5 Å². The molecule has 1 fully saturated rings. The maximum Gasteiger partial charge on any atom is 0.187 e. The smallest absolute Gasteiger partial charge is 0.187 e. The third-order valence-corrected chi connectivity index (χ3v) is 5.43. The van der Waals surface area contributed by atoms with Gasteiger partial charge in [0.1, 0.15) is 23.7 Å². The lowest BCUT2D eigenvalue weighted by molar-refractivity contribution is 0.264. The van der Waals surface area contributed by atoms with Crippen molar-refractivity contribution in [1.29, 1.82) is 0 Å². The van der Waals surface area contributed by atoms with E-state index in [0.717, 1.165) is 37.1 Å². The molecule has 5 nitrogen and oxygen atoms in total. The molecule has 0 spiro atoms. The molecule has 0 bridgehead atoms. The Morgan fingerprint density at radius 3 is 3.04 bits per heavy atom. The van der Waals surface area contributed by atoms with Gasteiger partial charge in [-0.1, -0.05) is 11.3 Å². The van der Waals surface area contributed by atoms with E-state index < -0.39 is 11.6 Å². The minimum absolute atomic E-state index is 0. The van der Waals surface area contributed by atoms with Crippen LogP contribution in [0.4, 0.5) is 13.9 Å². The summed E-state index contributed by atoms with van der Waals surface area (Å²) in [6, 6.07) is 5.96. The summed E-state index contributed by atoms with van der Waals surface area (Å²) in [6.45, 7) is 4.61. The minimum atomic E-state index is -0.628. The number of nitrogens with zero attached hydrogens (tertiary/aromatic N) is 3. The molecule has 1 N–H and O–H groups in total. The van der Waals surface area contributed by atoms with E-state index in [1.54, 1.807) is 6.20 Å². The number of pyridine rings is 1. The summed E-state index contributed by atoms with van der Waals surface area (Å²) in [4.78, 5) is 10.7. The number of benzene rings is 1. The van der Waals surface area contributed by atoms with Crippen LogP contribution in [0.5, 0.6) is 5.75 Å². The van der Waals surface area contributed by atoms with Crippen LogP contribution in [0, 0.1) is 18.6 Å². The van der Waals surface area contributed by atoms with Crippen molar-refractivity contribution in [2.75, 3.05) is 31.1 Å². The summed E-state index contributed by atoms with van der Waals surface area (Å²) >= 11 is 1.30. The average molecular weight is 413 g/mol. The molecule has 144 valence electrons. The van der Waals surface area contributed by atoms with Gasteiger partial charge in [-0.3, -0.25) is 4.98 Å². The molecule has 0 saturated carbocycles. The fourth-order valence-corrected chi connectivity index (χ4v) is 4.14. The topological polar surface area (TPSA) is 50.3 Å². The third-order valence-electron chi connectivity index (χ3n) is 4.39. The van der Waals surface area contributed by atoms with Crippen LogP contribution < -0.4 is 15.0 Å². The maximum atomic E-state index is 14.0. The number of thiazole rings is 1. The van der Waals surface area contributed by atoms with Gasteiger partial charge >= 0.3 is 0 Å². The monoisotopic (exact) mass is 412 g/mol. The van der Waals surface area contributed by atoms with Crippen molar-refractivity contribution in [3.05, 3.63) is 47.8 Å². The maximum absolute atomic E-state index is 14.0. The lowest BCUT2D eigenvalue weighted by atomic mass is 10.2. The fraction of sp³-hybridized carbons (Fsp3) is 0.333. The van der Waals surface area contributed by atoms with Crippen molar-refractivity contribution in [3.8, 4) is 5.75 Å². The molecule has 0 aliphatic carbocycles. The Hall–Kier alpha value is -2.03. The molecule has 0 radical (unpaired) electrons. The van der Waals surface area contributed by atoms with Crippen molar-refractivity contribution >= 4 is 39.1 Å². The summed E-state index contributed by atoms with van der Waals surface area (Å²) in [6.07, 6.45) is 1.73. The Balaban J connectivity index is 0.00000210. The standard InChI is InChI=1S/C18H18F2N4OS.ClH/c1-11-15(3-2-4-22-11)25-10-13-9-21-5-6-24(13)18-23-17-14(20)7-12(19)8-16(17)26-18;/h2-4,7-8,13,21H,5-6,9-10H2,1H3;1H. The van der Waals surface area contributed by atoms with Gasteiger partial charge in [-0.05, 0) is 25.1 Å². The molecule has 1 atom stereocenters. The van der Waals surface area contributed by atoms with E-state index in [1.165, 1.54) is 17.4 Å². The van der Waals surface area contributed by atoms with E-state index in [0.29, 0.717) is 16.4 Å². The van der Waals surface area contributed by atoms with Gasteiger partial charge in [0.25, 0.3) is 0 Å². The van der Waals surface area contributed by atoms with Gasteiger partial charge in [0.2, 0.25) is 0 Å². The van der Waals surface area contributed by atoms with E-state index in [9.17, 15) is 8.78 Å². The first kappa shape index (κ1) is 19.7. The van der Waals surface area contributed by atoms with Crippen LogP contribution >= 0.6 is 23.7 Å². The zero-order valence-corrected chi connectivity index (χ0v) is 16.2. The Labute approximate surface area is 165 Å². The summed E-state index contributed by atoms with van der Waals surface area (Å²) in [5.74, 6) is -0.468. The van der Waals surface area contributed by atoms with E-state index >= 15 is 0 Å². The second kappa shape index (κ2) is 8.33. The normalized spacial score (nSPS) is 17.0. The molecule has 1 saturated heterocycles. The molecule has 3 heterocycles. The molecule has 1 aliphatic rings. The Morgan fingerprint density at radius 1 is 1.37 bits per heavy atom. The number of nitrogens with one attached hydrogen (secondary N) is 1. The van der Waals surface area contributed by atoms with Crippen LogP contribution in [0.3, 0.4) is 0 Å². The zero-order valence-electron chi connectivity index (χ0n) is 14.6. The predicted octanol–water partition coefficient (Wildman–Crippen LogP) is 3.56. The second-order valence-corrected chi connectivity index (χ2v) is 7.19. The number of piperazine rings is 1. The SMILES string of the molecule is Cc1ncccc1OCC1CNCCN1c1nc2c(F)cc(F)cc2s1.Cl. The Bertz CT molecular complexity index is 939. The van der Waals surface area contributed by atoms with Crippen LogP contribution in [0.1, 0.15) is 5.69 Å². The highest BCUT2D eigenvalue weighted by Crippen LogP contribution is 2.32. The van der Waals surface area contributed by atoms with Gasteiger partial charge in [0.05, 0.1) is 16.4 Å². The molecule has 1 aromatic carbocycles. The van der Waals surface area contributed by atoms with E-state index in [1.807, 2.05) is 19.1 Å². The van der Waals surface area contributed by atoms with E-state index in [-0.39, 0.29) is 24.0 Å². The predicted molar refractivity (Wildman–Crippen MR) is 105 cm³/mol. The number of halogens is 3. The minimum Gasteiger partial charge on any atom is -0.489 e. The van der Waals surface area contributed by atoms with Gasteiger partial charge in [0, 0.05) is 31.9 Å². The van der Waals surface area contributed by atoms with Crippen LogP contribution in [0.2, 0.25) is 0 Å². The second-order valence-electron chi connectivity index (χ2n) is 6.18.